The topological polar surface area (TPSA) is 54.9 Å². The van der Waals surface area contributed by atoms with Gasteiger partial charge in [0.25, 0.3) is 0 Å². The third-order valence-electron chi connectivity index (χ3n) is 3.80. The van der Waals surface area contributed by atoms with E-state index in [2.05, 4.69) is 15.3 Å². The summed E-state index contributed by atoms with van der Waals surface area (Å²) in [5, 5.41) is 3.18. The molecule has 150 valence electrons. The molecule has 0 atom stereocenters. The van der Waals surface area contributed by atoms with Crippen LogP contribution < -0.4 is 5.32 Å². The van der Waals surface area contributed by atoms with Crippen LogP contribution in [0.1, 0.15) is 11.3 Å². The van der Waals surface area contributed by atoms with E-state index < -0.39 is 11.9 Å². The SMILES string of the molecule is O=C(CSc1nc(-c2ccccc2)cc(C(F)(F)F)n1)NCc1ccc(Cl)cc1. The Hall–Kier alpha value is -2.58. The molecule has 1 N–H and O–H groups in total. The van der Waals surface area contributed by atoms with Crippen molar-refractivity contribution >= 4 is 29.3 Å². The quantitative estimate of drug-likeness (QED) is 0.424. The first-order valence-corrected chi connectivity index (χ1v) is 9.83. The summed E-state index contributed by atoms with van der Waals surface area (Å²) in [6, 6.07) is 16.4. The molecule has 4 nitrogen and oxygen atoms in total. The number of alkyl halides is 3. The number of nitrogens with one attached hydrogen (secondary N) is 1. The number of nitrogens with zero attached hydrogens (tertiary/aromatic N) is 2. The van der Waals surface area contributed by atoms with Crippen molar-refractivity contribution < 1.29 is 18.0 Å². The van der Waals surface area contributed by atoms with Crippen LogP contribution in [-0.4, -0.2) is 21.6 Å². The predicted molar refractivity (Wildman–Crippen MR) is 106 cm³/mol. The number of benzene rings is 2. The Morgan fingerprint density at radius 2 is 1.72 bits per heavy atom. The number of amides is 1. The van der Waals surface area contributed by atoms with E-state index in [1.807, 2.05) is 0 Å². The second-order valence-corrected chi connectivity index (χ2v) is 7.36. The number of rotatable bonds is 6. The van der Waals surface area contributed by atoms with E-state index in [1.165, 1.54) is 0 Å². The first-order chi connectivity index (χ1) is 13.8. The number of carbonyl (C=O) groups is 1. The maximum atomic E-state index is 13.2. The number of hydrogen-bond acceptors (Lipinski definition) is 4. The lowest BCUT2D eigenvalue weighted by molar-refractivity contribution is -0.141. The van der Waals surface area contributed by atoms with Gasteiger partial charge < -0.3 is 5.32 Å². The number of hydrogen-bond donors (Lipinski definition) is 1. The summed E-state index contributed by atoms with van der Waals surface area (Å²) in [6.45, 7) is 0.287. The standard InChI is InChI=1S/C20H15ClF3N3OS/c21-15-8-6-13(7-9-15)11-25-18(28)12-29-19-26-16(14-4-2-1-3-5-14)10-17(27-19)20(22,23)24/h1-10H,11-12H2,(H,25,28). The van der Waals surface area contributed by atoms with Crippen molar-refractivity contribution in [2.45, 2.75) is 17.9 Å². The van der Waals surface area contributed by atoms with Crippen molar-refractivity contribution in [2.75, 3.05) is 5.75 Å². The summed E-state index contributed by atoms with van der Waals surface area (Å²) in [5.74, 6) is -0.449. The molecule has 0 saturated heterocycles. The molecule has 1 heterocycles. The van der Waals surface area contributed by atoms with Crippen LogP contribution in [0.3, 0.4) is 0 Å². The number of thioether (sulfide) groups is 1. The van der Waals surface area contributed by atoms with Gasteiger partial charge in [0.1, 0.15) is 5.69 Å². The summed E-state index contributed by atoms with van der Waals surface area (Å²) in [6.07, 6.45) is -4.61. The van der Waals surface area contributed by atoms with E-state index in [9.17, 15) is 18.0 Å². The molecular formula is C20H15ClF3N3OS. The first-order valence-electron chi connectivity index (χ1n) is 8.47. The second kappa shape index (κ2) is 9.28. The average Bonchev–Trinajstić information content (AvgIpc) is 2.71. The van der Waals surface area contributed by atoms with Gasteiger partial charge in [0.15, 0.2) is 5.16 Å². The minimum atomic E-state index is -4.61. The van der Waals surface area contributed by atoms with Crippen LogP contribution in [0, 0.1) is 0 Å². The van der Waals surface area contributed by atoms with Crippen LogP contribution in [0.5, 0.6) is 0 Å². The van der Waals surface area contributed by atoms with Crippen molar-refractivity contribution in [3.63, 3.8) is 0 Å². The Kier molecular flexibility index (Phi) is 6.76. The molecule has 0 saturated carbocycles. The zero-order valence-corrected chi connectivity index (χ0v) is 16.5. The smallest absolute Gasteiger partial charge is 0.351 e. The molecule has 0 unspecified atom stereocenters. The van der Waals surface area contributed by atoms with Gasteiger partial charge in [-0.05, 0) is 23.8 Å². The highest BCUT2D eigenvalue weighted by Gasteiger charge is 2.33. The Morgan fingerprint density at radius 3 is 2.38 bits per heavy atom. The predicted octanol–water partition coefficient (Wildman–Crippen LogP) is 5.22. The molecule has 1 amide bonds. The van der Waals surface area contributed by atoms with Crippen molar-refractivity contribution in [2.24, 2.45) is 0 Å². The van der Waals surface area contributed by atoms with Crippen molar-refractivity contribution in [3.05, 3.63) is 76.9 Å². The first kappa shape index (κ1) is 21.1. The van der Waals surface area contributed by atoms with E-state index in [4.69, 9.17) is 11.6 Å². The van der Waals surface area contributed by atoms with Gasteiger partial charge in [0, 0.05) is 17.1 Å². The van der Waals surface area contributed by atoms with E-state index in [0.29, 0.717) is 10.6 Å². The molecule has 0 aliphatic carbocycles. The summed E-state index contributed by atoms with van der Waals surface area (Å²) in [5.41, 5.74) is 0.497. The lowest BCUT2D eigenvalue weighted by Gasteiger charge is -2.10. The average molecular weight is 438 g/mol. The van der Waals surface area contributed by atoms with Gasteiger partial charge in [-0.3, -0.25) is 4.79 Å². The van der Waals surface area contributed by atoms with E-state index in [-0.39, 0.29) is 29.1 Å². The molecule has 0 aliphatic heterocycles. The highest BCUT2D eigenvalue weighted by molar-refractivity contribution is 7.99. The van der Waals surface area contributed by atoms with E-state index >= 15 is 0 Å². The van der Waals surface area contributed by atoms with Crippen molar-refractivity contribution in [3.8, 4) is 11.3 Å². The Bertz CT molecular complexity index is 983. The summed E-state index contributed by atoms with van der Waals surface area (Å²) >= 11 is 6.66. The third kappa shape index (κ3) is 6.20. The van der Waals surface area contributed by atoms with Gasteiger partial charge in [-0.15, -0.1) is 0 Å². The van der Waals surface area contributed by atoms with Gasteiger partial charge in [0.05, 0.1) is 11.4 Å². The van der Waals surface area contributed by atoms with Crippen LogP contribution in [-0.2, 0) is 17.5 Å². The van der Waals surface area contributed by atoms with Crippen LogP contribution in [0.25, 0.3) is 11.3 Å². The molecule has 3 aromatic rings. The minimum Gasteiger partial charge on any atom is -0.351 e. The molecule has 2 aromatic carbocycles. The summed E-state index contributed by atoms with van der Waals surface area (Å²) in [4.78, 5) is 19.8. The molecule has 0 bridgehead atoms. The Balaban J connectivity index is 1.69. The van der Waals surface area contributed by atoms with Gasteiger partial charge in [-0.2, -0.15) is 13.2 Å². The normalized spacial score (nSPS) is 11.3. The maximum absolute atomic E-state index is 13.2. The Morgan fingerprint density at radius 1 is 1.03 bits per heavy atom. The van der Waals surface area contributed by atoms with Crippen LogP contribution in [0.15, 0.2) is 65.8 Å². The molecule has 0 radical (unpaired) electrons. The molecular weight excluding hydrogens is 423 g/mol. The third-order valence-corrected chi connectivity index (χ3v) is 4.90. The minimum absolute atomic E-state index is 0.108. The molecule has 9 heteroatoms. The fourth-order valence-electron chi connectivity index (χ4n) is 2.38. The Labute approximate surface area is 174 Å². The molecule has 3 rings (SSSR count). The van der Waals surface area contributed by atoms with E-state index in [1.54, 1.807) is 54.6 Å². The van der Waals surface area contributed by atoms with Gasteiger partial charge in [-0.25, -0.2) is 9.97 Å². The summed E-state index contributed by atoms with van der Waals surface area (Å²) in [7, 11) is 0. The molecule has 0 aliphatic rings. The van der Waals surface area contributed by atoms with Crippen molar-refractivity contribution in [1.29, 1.82) is 0 Å². The van der Waals surface area contributed by atoms with Gasteiger partial charge in [-0.1, -0.05) is 65.8 Å². The zero-order chi connectivity index (χ0) is 20.9. The summed E-state index contributed by atoms with van der Waals surface area (Å²) < 4.78 is 39.6. The molecule has 29 heavy (non-hydrogen) atoms. The lowest BCUT2D eigenvalue weighted by atomic mass is 10.1. The number of aromatic nitrogens is 2. The lowest BCUT2D eigenvalue weighted by Crippen LogP contribution is -2.24. The zero-order valence-electron chi connectivity index (χ0n) is 14.9. The van der Waals surface area contributed by atoms with Gasteiger partial charge >= 0.3 is 6.18 Å². The number of halogens is 4. The van der Waals surface area contributed by atoms with E-state index in [0.717, 1.165) is 23.4 Å². The van der Waals surface area contributed by atoms with Crippen LogP contribution in [0.2, 0.25) is 5.02 Å². The largest absolute Gasteiger partial charge is 0.433 e. The number of carbonyl (C=O) groups excluding carboxylic acids is 1. The second-order valence-electron chi connectivity index (χ2n) is 5.98. The van der Waals surface area contributed by atoms with Crippen LogP contribution >= 0.6 is 23.4 Å². The fourth-order valence-corrected chi connectivity index (χ4v) is 3.19. The van der Waals surface area contributed by atoms with Crippen LogP contribution in [0.4, 0.5) is 13.2 Å². The molecule has 1 aromatic heterocycles. The highest BCUT2D eigenvalue weighted by Crippen LogP contribution is 2.31. The molecule has 0 fully saturated rings. The fraction of sp³-hybridized carbons (Fsp3) is 0.150. The van der Waals surface area contributed by atoms with Crippen molar-refractivity contribution in [1.82, 2.24) is 15.3 Å². The van der Waals surface area contributed by atoms with Gasteiger partial charge in [0.2, 0.25) is 5.91 Å². The highest BCUT2D eigenvalue weighted by atomic mass is 35.5. The monoisotopic (exact) mass is 437 g/mol. The molecule has 0 spiro atoms. The maximum Gasteiger partial charge on any atom is 0.433 e.